The Hall–Kier alpha value is -2.23. The predicted octanol–water partition coefficient (Wildman–Crippen LogP) is 0.950. The summed E-state index contributed by atoms with van der Waals surface area (Å²) in [7, 11) is 1.25. The Labute approximate surface area is 179 Å². The lowest BCUT2D eigenvalue weighted by atomic mass is 9.46. The third kappa shape index (κ3) is 2.83. The molecular weight excluding hydrogens is 408 g/mol. The molecule has 1 saturated carbocycles. The molecule has 0 radical (unpaired) electrons. The van der Waals surface area contributed by atoms with E-state index in [4.69, 9.17) is 18.6 Å². The minimum Gasteiger partial charge on any atom is -0.469 e. The third-order valence-corrected chi connectivity index (χ3v) is 7.73. The average Bonchev–Trinajstić information content (AvgIpc) is 3.31. The van der Waals surface area contributed by atoms with E-state index in [-0.39, 0.29) is 12.8 Å². The van der Waals surface area contributed by atoms with Crippen LogP contribution in [-0.4, -0.2) is 59.6 Å². The van der Waals surface area contributed by atoms with E-state index in [1.165, 1.54) is 20.3 Å². The molecule has 4 rings (SSSR count). The summed E-state index contributed by atoms with van der Waals surface area (Å²) in [5.74, 6) is -3.37. The second-order valence-corrected chi connectivity index (χ2v) is 9.11. The van der Waals surface area contributed by atoms with Crippen LogP contribution in [0.1, 0.15) is 44.4 Å². The highest BCUT2D eigenvalue weighted by molar-refractivity contribution is 5.80. The van der Waals surface area contributed by atoms with Crippen LogP contribution >= 0.6 is 0 Å². The van der Waals surface area contributed by atoms with Gasteiger partial charge in [0.15, 0.2) is 6.29 Å². The third-order valence-electron chi connectivity index (χ3n) is 7.73. The molecule has 0 aromatic carbocycles. The van der Waals surface area contributed by atoms with Gasteiger partial charge in [-0.1, -0.05) is 6.92 Å². The highest BCUT2D eigenvalue weighted by Gasteiger charge is 2.73. The minimum atomic E-state index is -1.51. The van der Waals surface area contributed by atoms with Gasteiger partial charge in [0.25, 0.3) is 0 Å². The molecular formula is C22H28O9. The molecule has 0 bridgehead atoms. The number of fused-ring (bicyclic) bond motifs is 2. The SMILES string of the molecule is COC(=O)C1c2ccoc2CC2C1C(OC(C)=O)C(O)C1(OC(O)CC1C)C2(C)C=O. The van der Waals surface area contributed by atoms with E-state index < -0.39 is 65.1 Å². The smallest absolute Gasteiger partial charge is 0.313 e. The topological polar surface area (TPSA) is 133 Å². The van der Waals surface area contributed by atoms with E-state index in [0.29, 0.717) is 11.3 Å². The van der Waals surface area contributed by atoms with Crippen LogP contribution in [0.2, 0.25) is 0 Å². The van der Waals surface area contributed by atoms with Crippen LogP contribution < -0.4 is 0 Å². The second-order valence-electron chi connectivity index (χ2n) is 9.11. The largest absolute Gasteiger partial charge is 0.469 e. The van der Waals surface area contributed by atoms with Crippen molar-refractivity contribution in [3.63, 3.8) is 0 Å². The maximum Gasteiger partial charge on any atom is 0.313 e. The summed E-state index contributed by atoms with van der Waals surface area (Å²) in [6.07, 6.45) is -1.13. The number of hydrogen-bond donors (Lipinski definition) is 2. The zero-order valence-electron chi connectivity index (χ0n) is 17.9. The normalized spacial score (nSPS) is 43.7. The number of rotatable bonds is 3. The molecule has 9 unspecified atom stereocenters. The molecule has 9 atom stereocenters. The van der Waals surface area contributed by atoms with Crippen molar-refractivity contribution in [1.82, 2.24) is 0 Å². The van der Waals surface area contributed by atoms with Crippen LogP contribution in [0.15, 0.2) is 16.7 Å². The van der Waals surface area contributed by atoms with Gasteiger partial charge >= 0.3 is 11.9 Å². The summed E-state index contributed by atoms with van der Waals surface area (Å²) < 4.78 is 22.2. The van der Waals surface area contributed by atoms with Crippen LogP contribution in [0.4, 0.5) is 0 Å². The van der Waals surface area contributed by atoms with Gasteiger partial charge in [-0.05, 0) is 24.8 Å². The van der Waals surface area contributed by atoms with Gasteiger partial charge in [0.2, 0.25) is 0 Å². The van der Waals surface area contributed by atoms with Crippen LogP contribution in [0, 0.1) is 23.2 Å². The van der Waals surface area contributed by atoms with Crippen LogP contribution in [0.3, 0.4) is 0 Å². The molecule has 1 spiro atoms. The molecule has 2 heterocycles. The first-order valence-corrected chi connectivity index (χ1v) is 10.4. The summed E-state index contributed by atoms with van der Waals surface area (Å²) >= 11 is 0. The highest BCUT2D eigenvalue weighted by Crippen LogP contribution is 2.63. The standard InChI is InChI=1S/C22H28O9/c1-10-7-15(25)31-22(10)19(26)18(30-11(2)24)17-13(21(22,3)9-23)8-14-12(5-6-29-14)16(17)20(27)28-4/h5-6,9-10,13,15-19,25-26H,7-8H2,1-4H3. The van der Waals surface area contributed by atoms with Gasteiger partial charge in [-0.15, -0.1) is 0 Å². The molecule has 1 aromatic rings. The zero-order chi connectivity index (χ0) is 22.7. The number of ether oxygens (including phenoxy) is 3. The van der Waals surface area contributed by atoms with E-state index >= 15 is 0 Å². The molecule has 170 valence electrons. The van der Waals surface area contributed by atoms with Crippen molar-refractivity contribution in [2.75, 3.05) is 7.11 Å². The Morgan fingerprint density at radius 2 is 2.03 bits per heavy atom. The summed E-state index contributed by atoms with van der Waals surface area (Å²) in [5, 5.41) is 21.9. The lowest BCUT2D eigenvalue weighted by molar-refractivity contribution is -0.291. The second kappa shape index (κ2) is 7.43. The van der Waals surface area contributed by atoms with Crippen molar-refractivity contribution < 1.29 is 43.2 Å². The lowest BCUT2D eigenvalue weighted by Crippen LogP contribution is -2.73. The Balaban J connectivity index is 1.96. The minimum absolute atomic E-state index is 0.205. The van der Waals surface area contributed by atoms with Crippen molar-refractivity contribution in [3.05, 3.63) is 23.7 Å². The fraction of sp³-hybridized carbons (Fsp3) is 0.682. The first-order valence-electron chi connectivity index (χ1n) is 10.4. The average molecular weight is 436 g/mol. The first kappa shape index (κ1) is 22.0. The number of furan rings is 1. The van der Waals surface area contributed by atoms with E-state index in [1.807, 2.05) is 0 Å². The quantitative estimate of drug-likeness (QED) is 0.525. The number of methoxy groups -OCH3 is 1. The zero-order valence-corrected chi connectivity index (χ0v) is 17.9. The molecule has 2 aliphatic carbocycles. The van der Waals surface area contributed by atoms with E-state index in [1.54, 1.807) is 19.9 Å². The molecule has 1 aromatic heterocycles. The summed E-state index contributed by atoms with van der Waals surface area (Å²) in [5.41, 5.74) is -2.25. The first-order chi connectivity index (χ1) is 14.6. The molecule has 9 heteroatoms. The van der Waals surface area contributed by atoms with Crippen LogP contribution in [0.5, 0.6) is 0 Å². The number of esters is 2. The number of aliphatic hydroxyl groups is 2. The van der Waals surface area contributed by atoms with Gasteiger partial charge < -0.3 is 33.6 Å². The fourth-order valence-electron chi connectivity index (χ4n) is 6.47. The van der Waals surface area contributed by atoms with Crippen molar-refractivity contribution in [2.24, 2.45) is 23.2 Å². The van der Waals surface area contributed by atoms with Gasteiger partial charge in [-0.25, -0.2) is 0 Å². The van der Waals surface area contributed by atoms with Gasteiger partial charge in [0.05, 0.1) is 24.7 Å². The fourth-order valence-corrected chi connectivity index (χ4v) is 6.47. The van der Waals surface area contributed by atoms with Crippen molar-refractivity contribution in [1.29, 1.82) is 0 Å². The monoisotopic (exact) mass is 436 g/mol. The number of hydrogen-bond acceptors (Lipinski definition) is 9. The molecule has 0 amide bonds. The molecule has 2 N–H and O–H groups in total. The molecule has 1 aliphatic heterocycles. The summed E-state index contributed by atoms with van der Waals surface area (Å²) in [4.78, 5) is 37.6. The van der Waals surface area contributed by atoms with E-state index in [0.717, 1.165) is 6.29 Å². The molecule has 2 fully saturated rings. The van der Waals surface area contributed by atoms with Crippen molar-refractivity contribution >= 4 is 18.2 Å². The van der Waals surface area contributed by atoms with Crippen molar-refractivity contribution in [3.8, 4) is 0 Å². The Morgan fingerprint density at radius 1 is 1.32 bits per heavy atom. The number of aliphatic hydroxyl groups excluding tert-OH is 2. The molecule has 3 aliphatic rings. The molecule has 9 nitrogen and oxygen atoms in total. The highest BCUT2D eigenvalue weighted by atomic mass is 16.6. The maximum atomic E-state index is 12.9. The van der Waals surface area contributed by atoms with Gasteiger partial charge in [0.1, 0.15) is 29.9 Å². The van der Waals surface area contributed by atoms with E-state index in [2.05, 4.69) is 0 Å². The maximum absolute atomic E-state index is 12.9. The summed E-state index contributed by atoms with van der Waals surface area (Å²) in [6, 6.07) is 1.66. The number of aldehydes is 1. The predicted molar refractivity (Wildman–Crippen MR) is 103 cm³/mol. The van der Waals surface area contributed by atoms with Gasteiger partial charge in [-0.3, -0.25) is 9.59 Å². The molecule has 1 saturated heterocycles. The Bertz CT molecular complexity index is 893. The Morgan fingerprint density at radius 3 is 2.58 bits per heavy atom. The molecule has 31 heavy (non-hydrogen) atoms. The van der Waals surface area contributed by atoms with Crippen molar-refractivity contribution in [2.45, 2.75) is 63.6 Å². The van der Waals surface area contributed by atoms with Gasteiger partial charge in [-0.2, -0.15) is 0 Å². The van der Waals surface area contributed by atoms with Crippen LogP contribution in [0.25, 0.3) is 0 Å². The Kier molecular flexibility index (Phi) is 5.27. The number of carbonyl (C=O) groups is 3. The number of carbonyl (C=O) groups excluding carboxylic acids is 3. The van der Waals surface area contributed by atoms with Crippen LogP contribution in [-0.2, 0) is 35.0 Å². The summed E-state index contributed by atoms with van der Waals surface area (Å²) in [6.45, 7) is 4.67. The van der Waals surface area contributed by atoms with Gasteiger partial charge in [0, 0.05) is 31.2 Å². The lowest BCUT2D eigenvalue weighted by Gasteiger charge is -2.61. The van der Waals surface area contributed by atoms with E-state index in [9.17, 15) is 24.6 Å².